The molecule has 2 atom stereocenters. The second kappa shape index (κ2) is 6.20. The molecule has 0 N–H and O–H groups in total. The van der Waals surface area contributed by atoms with Crippen LogP contribution in [0, 0.1) is 5.82 Å². The Kier molecular flexibility index (Phi) is 4.31. The van der Waals surface area contributed by atoms with Gasteiger partial charge in [0.25, 0.3) is 0 Å². The molecule has 3 heterocycles. The van der Waals surface area contributed by atoms with Crippen LogP contribution in [0.5, 0.6) is 0 Å². The van der Waals surface area contributed by atoms with Gasteiger partial charge in [0.05, 0.1) is 6.20 Å². The highest BCUT2D eigenvalue weighted by atomic mass is 19.1. The second-order valence-electron chi connectivity index (χ2n) is 6.17. The van der Waals surface area contributed by atoms with Crippen LogP contribution in [0.3, 0.4) is 0 Å². The summed E-state index contributed by atoms with van der Waals surface area (Å²) >= 11 is 0. The minimum Gasteiger partial charge on any atom is -0.298 e. The first kappa shape index (κ1) is 14.6. The van der Waals surface area contributed by atoms with E-state index in [1.807, 2.05) is 0 Å². The van der Waals surface area contributed by atoms with Crippen LogP contribution in [0.2, 0.25) is 0 Å². The van der Waals surface area contributed by atoms with Crippen LogP contribution in [0.15, 0.2) is 18.3 Å². The Balaban J connectivity index is 1.54. The largest absolute Gasteiger partial charge is 0.298 e. The molecule has 5 heteroatoms. The highest BCUT2D eigenvalue weighted by molar-refractivity contribution is 5.94. The average molecular weight is 291 g/mol. The lowest BCUT2D eigenvalue weighted by atomic mass is 10.1. The zero-order chi connectivity index (χ0) is 14.8. The van der Waals surface area contributed by atoms with E-state index in [-0.39, 0.29) is 5.78 Å². The number of ketones is 1. The average Bonchev–Trinajstić information content (AvgIpc) is 2.92. The highest BCUT2D eigenvalue weighted by Gasteiger charge is 2.34. The van der Waals surface area contributed by atoms with Gasteiger partial charge in [-0.25, -0.2) is 4.39 Å². The number of pyridine rings is 1. The number of rotatable bonds is 4. The van der Waals surface area contributed by atoms with Gasteiger partial charge in [0.1, 0.15) is 11.5 Å². The van der Waals surface area contributed by atoms with Crippen LogP contribution in [0.4, 0.5) is 4.39 Å². The summed E-state index contributed by atoms with van der Waals surface area (Å²) in [5.74, 6) is -0.409. The summed E-state index contributed by atoms with van der Waals surface area (Å²) in [7, 11) is 0. The van der Waals surface area contributed by atoms with Crippen LogP contribution in [0.25, 0.3) is 0 Å². The number of fused-ring (bicyclic) bond motifs is 1. The van der Waals surface area contributed by atoms with E-state index in [2.05, 4.69) is 21.7 Å². The molecule has 0 saturated carbocycles. The molecule has 1 aromatic heterocycles. The van der Waals surface area contributed by atoms with Crippen molar-refractivity contribution in [3.8, 4) is 0 Å². The third kappa shape index (κ3) is 3.30. The maximum Gasteiger partial charge on any atom is 0.182 e. The third-order valence-corrected chi connectivity index (χ3v) is 4.71. The molecule has 2 unspecified atom stereocenters. The number of carbonyl (C=O) groups excluding carboxylic acids is 1. The maximum absolute atomic E-state index is 12.8. The first-order chi connectivity index (χ1) is 10.1. The predicted octanol–water partition coefficient (Wildman–Crippen LogP) is 1.96. The van der Waals surface area contributed by atoms with E-state index >= 15 is 0 Å². The minimum atomic E-state index is -0.405. The number of aromatic nitrogens is 1. The minimum absolute atomic E-state index is 0.00366. The Morgan fingerprint density at radius 1 is 1.43 bits per heavy atom. The fourth-order valence-electron chi connectivity index (χ4n) is 3.47. The van der Waals surface area contributed by atoms with Gasteiger partial charge in [-0.05, 0) is 38.4 Å². The van der Waals surface area contributed by atoms with E-state index in [4.69, 9.17) is 0 Å². The van der Waals surface area contributed by atoms with Gasteiger partial charge in [0, 0.05) is 38.1 Å². The zero-order valence-electron chi connectivity index (χ0n) is 12.5. The van der Waals surface area contributed by atoms with Gasteiger partial charge in [-0.2, -0.15) is 0 Å². The number of hydrogen-bond donors (Lipinski definition) is 0. The molecule has 4 nitrogen and oxygen atoms in total. The van der Waals surface area contributed by atoms with Crippen LogP contribution in [-0.2, 0) is 0 Å². The molecule has 2 aliphatic rings. The Labute approximate surface area is 125 Å². The molecule has 0 aromatic carbocycles. The van der Waals surface area contributed by atoms with Crippen molar-refractivity contribution in [2.75, 3.05) is 26.2 Å². The molecule has 21 heavy (non-hydrogen) atoms. The molecule has 0 radical (unpaired) electrons. The molecule has 0 bridgehead atoms. The summed E-state index contributed by atoms with van der Waals surface area (Å²) in [6.45, 7) is 6.39. The molecule has 0 aliphatic carbocycles. The molecule has 2 aliphatic heterocycles. The first-order valence-corrected chi connectivity index (χ1v) is 7.76. The first-order valence-electron chi connectivity index (χ1n) is 7.76. The van der Waals surface area contributed by atoms with Crippen molar-refractivity contribution >= 4 is 5.78 Å². The van der Waals surface area contributed by atoms with Crippen molar-refractivity contribution in [2.24, 2.45) is 0 Å². The number of carbonyl (C=O) groups is 1. The van der Waals surface area contributed by atoms with Gasteiger partial charge in [-0.1, -0.05) is 0 Å². The summed E-state index contributed by atoms with van der Waals surface area (Å²) in [6.07, 6.45) is 4.13. The highest BCUT2D eigenvalue weighted by Crippen LogP contribution is 2.24. The summed E-state index contributed by atoms with van der Waals surface area (Å²) < 4.78 is 12.8. The van der Waals surface area contributed by atoms with Crippen molar-refractivity contribution in [3.63, 3.8) is 0 Å². The molecule has 2 fully saturated rings. The van der Waals surface area contributed by atoms with Crippen molar-refractivity contribution in [2.45, 2.75) is 38.3 Å². The SMILES string of the molecule is CC1CN2CCCC2CN1CCC(=O)c1ccc(F)cn1. The smallest absolute Gasteiger partial charge is 0.182 e. The van der Waals surface area contributed by atoms with Gasteiger partial charge < -0.3 is 0 Å². The van der Waals surface area contributed by atoms with Crippen molar-refractivity contribution in [3.05, 3.63) is 29.8 Å². The lowest BCUT2D eigenvalue weighted by molar-refractivity contribution is 0.0566. The van der Waals surface area contributed by atoms with Crippen LogP contribution < -0.4 is 0 Å². The predicted molar refractivity (Wildman–Crippen MR) is 78.8 cm³/mol. The Bertz CT molecular complexity index is 505. The van der Waals surface area contributed by atoms with Gasteiger partial charge in [0.15, 0.2) is 5.78 Å². The quantitative estimate of drug-likeness (QED) is 0.795. The van der Waals surface area contributed by atoms with E-state index in [1.54, 1.807) is 0 Å². The van der Waals surface area contributed by atoms with Crippen molar-refractivity contribution in [1.29, 1.82) is 0 Å². The maximum atomic E-state index is 12.8. The normalized spacial score (nSPS) is 26.8. The van der Waals surface area contributed by atoms with Gasteiger partial charge in [0.2, 0.25) is 0 Å². The van der Waals surface area contributed by atoms with E-state index < -0.39 is 5.82 Å². The molecule has 0 amide bonds. The fraction of sp³-hybridized carbons (Fsp3) is 0.625. The molecular formula is C16H22FN3O. The summed E-state index contributed by atoms with van der Waals surface area (Å²) in [4.78, 5) is 21.0. The molecule has 0 spiro atoms. The Morgan fingerprint density at radius 3 is 3.05 bits per heavy atom. The van der Waals surface area contributed by atoms with E-state index in [0.717, 1.165) is 25.8 Å². The number of halogens is 1. The summed E-state index contributed by atoms with van der Waals surface area (Å²) in [5.41, 5.74) is 0.364. The number of nitrogens with zero attached hydrogens (tertiary/aromatic N) is 3. The summed E-state index contributed by atoms with van der Waals surface area (Å²) in [6, 6.07) is 3.92. The Hall–Kier alpha value is -1.33. The summed E-state index contributed by atoms with van der Waals surface area (Å²) in [5, 5.41) is 0. The van der Waals surface area contributed by atoms with E-state index in [0.29, 0.717) is 24.2 Å². The molecule has 3 rings (SSSR count). The van der Waals surface area contributed by atoms with Crippen molar-refractivity contribution in [1.82, 2.24) is 14.8 Å². The van der Waals surface area contributed by atoms with Gasteiger partial charge >= 0.3 is 0 Å². The fourth-order valence-corrected chi connectivity index (χ4v) is 3.47. The lowest BCUT2D eigenvalue weighted by Crippen LogP contribution is -2.55. The second-order valence-corrected chi connectivity index (χ2v) is 6.17. The standard InChI is InChI=1S/C16H22FN3O/c1-12-10-20-7-2-3-14(20)11-19(12)8-6-16(21)15-5-4-13(17)9-18-15/h4-5,9,12,14H,2-3,6-8,10-11H2,1H3. The lowest BCUT2D eigenvalue weighted by Gasteiger charge is -2.42. The van der Waals surface area contributed by atoms with Crippen LogP contribution >= 0.6 is 0 Å². The van der Waals surface area contributed by atoms with E-state index in [1.165, 1.54) is 31.5 Å². The number of piperazine rings is 1. The van der Waals surface area contributed by atoms with Crippen LogP contribution in [0.1, 0.15) is 36.7 Å². The Morgan fingerprint density at radius 2 is 2.29 bits per heavy atom. The zero-order valence-corrected chi connectivity index (χ0v) is 12.5. The monoisotopic (exact) mass is 291 g/mol. The van der Waals surface area contributed by atoms with Crippen molar-refractivity contribution < 1.29 is 9.18 Å². The molecule has 1 aromatic rings. The topological polar surface area (TPSA) is 36.4 Å². The van der Waals surface area contributed by atoms with Gasteiger partial charge in [-0.15, -0.1) is 0 Å². The molecule has 114 valence electrons. The van der Waals surface area contributed by atoms with E-state index in [9.17, 15) is 9.18 Å². The van der Waals surface area contributed by atoms with Gasteiger partial charge in [-0.3, -0.25) is 19.6 Å². The third-order valence-electron chi connectivity index (χ3n) is 4.71. The molecular weight excluding hydrogens is 269 g/mol. The molecule has 2 saturated heterocycles. The number of hydrogen-bond acceptors (Lipinski definition) is 4. The van der Waals surface area contributed by atoms with Crippen LogP contribution in [-0.4, -0.2) is 58.8 Å². The number of Topliss-reactive ketones (excluding diaryl/α,β-unsaturated/α-hetero) is 1.